The highest BCUT2D eigenvalue weighted by Crippen LogP contribution is 2.22. The molecule has 0 fully saturated rings. The third kappa shape index (κ3) is 4.24. The minimum Gasteiger partial charge on any atom is -0.467 e. The van der Waals surface area contributed by atoms with Crippen molar-refractivity contribution in [3.8, 4) is 0 Å². The maximum atomic E-state index is 11.7. The number of carbonyl (C=O) groups is 1. The Bertz CT molecular complexity index is 528. The zero-order valence-corrected chi connectivity index (χ0v) is 12.2. The van der Waals surface area contributed by atoms with E-state index < -0.39 is 0 Å². The lowest BCUT2D eigenvalue weighted by Gasteiger charge is -2.03. The van der Waals surface area contributed by atoms with Crippen LogP contribution < -0.4 is 5.32 Å². The van der Waals surface area contributed by atoms with E-state index in [1.54, 1.807) is 6.26 Å². The highest BCUT2D eigenvalue weighted by atomic mass is 32.1. The van der Waals surface area contributed by atoms with Gasteiger partial charge in [0.15, 0.2) is 0 Å². The molecule has 3 nitrogen and oxygen atoms in total. The topological polar surface area (TPSA) is 42.2 Å². The summed E-state index contributed by atoms with van der Waals surface area (Å²) >= 11 is 1.82. The van der Waals surface area contributed by atoms with Gasteiger partial charge in [-0.3, -0.25) is 4.79 Å². The number of amides is 1. The van der Waals surface area contributed by atoms with Crippen LogP contribution in [0.3, 0.4) is 0 Å². The van der Waals surface area contributed by atoms with Crippen molar-refractivity contribution in [1.29, 1.82) is 0 Å². The second-order valence-electron chi connectivity index (χ2n) is 4.65. The summed E-state index contributed by atoms with van der Waals surface area (Å²) in [5.41, 5.74) is 1.38. The molecular weight excluding hydrogens is 258 g/mol. The third-order valence-electron chi connectivity index (χ3n) is 3.03. The van der Waals surface area contributed by atoms with Gasteiger partial charge in [-0.25, -0.2) is 0 Å². The van der Waals surface area contributed by atoms with Crippen molar-refractivity contribution < 1.29 is 9.21 Å². The van der Waals surface area contributed by atoms with E-state index in [2.05, 4.69) is 25.2 Å². The molecule has 1 amide bonds. The molecule has 1 N–H and O–H groups in total. The number of hydrogen-bond donors (Lipinski definition) is 1. The molecule has 0 atom stereocenters. The van der Waals surface area contributed by atoms with Gasteiger partial charge in [-0.05, 0) is 50.5 Å². The fourth-order valence-electron chi connectivity index (χ4n) is 2.06. The van der Waals surface area contributed by atoms with Crippen LogP contribution in [-0.4, -0.2) is 5.91 Å². The molecule has 2 heterocycles. The Morgan fingerprint density at radius 2 is 2.26 bits per heavy atom. The van der Waals surface area contributed by atoms with Crippen LogP contribution in [0.5, 0.6) is 0 Å². The molecule has 102 valence electrons. The molecular formula is C15H19NO2S. The van der Waals surface area contributed by atoms with Crippen LogP contribution in [0.2, 0.25) is 0 Å². The zero-order valence-electron chi connectivity index (χ0n) is 11.4. The SMILES string of the molecule is Cc1cc(CCCC(=O)NCc2ccco2)c(C)s1. The molecule has 2 aromatic heterocycles. The molecule has 0 saturated heterocycles. The second kappa shape index (κ2) is 6.57. The molecule has 0 aliphatic carbocycles. The second-order valence-corrected chi connectivity index (χ2v) is 6.11. The Hall–Kier alpha value is -1.55. The van der Waals surface area contributed by atoms with E-state index in [1.807, 2.05) is 23.5 Å². The van der Waals surface area contributed by atoms with E-state index >= 15 is 0 Å². The highest BCUT2D eigenvalue weighted by molar-refractivity contribution is 7.12. The molecule has 19 heavy (non-hydrogen) atoms. The first-order valence-electron chi connectivity index (χ1n) is 6.50. The van der Waals surface area contributed by atoms with Gasteiger partial charge in [0, 0.05) is 16.2 Å². The van der Waals surface area contributed by atoms with Crippen molar-refractivity contribution in [2.75, 3.05) is 0 Å². The van der Waals surface area contributed by atoms with E-state index in [0.29, 0.717) is 13.0 Å². The molecule has 2 aromatic rings. The van der Waals surface area contributed by atoms with Gasteiger partial charge in [0.1, 0.15) is 5.76 Å². The van der Waals surface area contributed by atoms with Crippen molar-refractivity contribution in [3.05, 3.63) is 45.5 Å². The quantitative estimate of drug-likeness (QED) is 0.876. The third-order valence-corrected chi connectivity index (χ3v) is 4.04. The summed E-state index contributed by atoms with van der Waals surface area (Å²) in [6.45, 7) is 4.74. The first-order valence-corrected chi connectivity index (χ1v) is 7.32. The summed E-state index contributed by atoms with van der Waals surface area (Å²) in [4.78, 5) is 14.4. The first kappa shape index (κ1) is 13.9. The maximum absolute atomic E-state index is 11.7. The van der Waals surface area contributed by atoms with Crippen LogP contribution >= 0.6 is 11.3 Å². The van der Waals surface area contributed by atoms with Gasteiger partial charge in [0.05, 0.1) is 12.8 Å². The number of aryl methyl sites for hydroxylation is 3. The Balaban J connectivity index is 1.68. The standard InChI is InChI=1S/C15H19NO2S/c1-11-9-13(12(2)19-11)5-3-7-15(17)16-10-14-6-4-8-18-14/h4,6,8-9H,3,5,7,10H2,1-2H3,(H,16,17). The Kier molecular flexibility index (Phi) is 4.80. The predicted octanol–water partition coefficient (Wildman–Crippen LogP) is 3.60. The Morgan fingerprint density at radius 1 is 1.42 bits per heavy atom. The molecule has 0 saturated carbocycles. The summed E-state index contributed by atoms with van der Waals surface area (Å²) < 4.78 is 5.16. The number of carbonyl (C=O) groups excluding carboxylic acids is 1. The van der Waals surface area contributed by atoms with Gasteiger partial charge >= 0.3 is 0 Å². The lowest BCUT2D eigenvalue weighted by atomic mass is 10.1. The summed E-state index contributed by atoms with van der Waals surface area (Å²) in [5.74, 6) is 0.874. The molecule has 0 bridgehead atoms. The van der Waals surface area contributed by atoms with Gasteiger partial charge in [0.2, 0.25) is 5.91 Å². The molecule has 0 unspecified atom stereocenters. The molecule has 4 heteroatoms. The first-order chi connectivity index (χ1) is 9.15. The summed E-state index contributed by atoms with van der Waals surface area (Å²) in [5, 5.41) is 2.86. The van der Waals surface area contributed by atoms with E-state index in [1.165, 1.54) is 15.3 Å². The molecule has 0 aliphatic heterocycles. The van der Waals surface area contributed by atoms with Crippen LogP contribution in [0.4, 0.5) is 0 Å². The fraction of sp³-hybridized carbons (Fsp3) is 0.400. The van der Waals surface area contributed by atoms with Gasteiger partial charge in [-0.2, -0.15) is 0 Å². The highest BCUT2D eigenvalue weighted by Gasteiger charge is 2.06. The summed E-state index contributed by atoms with van der Waals surface area (Å²) in [6.07, 6.45) is 4.05. The number of furan rings is 1. The maximum Gasteiger partial charge on any atom is 0.220 e. The molecule has 2 rings (SSSR count). The fourth-order valence-corrected chi connectivity index (χ4v) is 3.03. The summed E-state index contributed by atoms with van der Waals surface area (Å²) in [6, 6.07) is 5.90. The van der Waals surface area contributed by atoms with Crippen LogP contribution in [0.25, 0.3) is 0 Å². The van der Waals surface area contributed by atoms with Crippen molar-refractivity contribution in [2.24, 2.45) is 0 Å². The Morgan fingerprint density at radius 3 is 2.89 bits per heavy atom. The van der Waals surface area contributed by atoms with E-state index in [9.17, 15) is 4.79 Å². The number of hydrogen-bond acceptors (Lipinski definition) is 3. The van der Waals surface area contributed by atoms with Crippen molar-refractivity contribution in [2.45, 2.75) is 39.7 Å². The van der Waals surface area contributed by atoms with Gasteiger partial charge in [-0.15, -0.1) is 11.3 Å². The van der Waals surface area contributed by atoms with Gasteiger partial charge < -0.3 is 9.73 Å². The number of rotatable bonds is 6. The zero-order chi connectivity index (χ0) is 13.7. The van der Waals surface area contributed by atoms with Crippen molar-refractivity contribution >= 4 is 17.2 Å². The molecule has 0 aliphatic rings. The number of nitrogens with one attached hydrogen (secondary N) is 1. The Labute approximate surface area is 117 Å². The average molecular weight is 277 g/mol. The largest absolute Gasteiger partial charge is 0.467 e. The smallest absolute Gasteiger partial charge is 0.220 e. The summed E-state index contributed by atoms with van der Waals surface area (Å²) in [7, 11) is 0. The van der Waals surface area contributed by atoms with E-state index in [-0.39, 0.29) is 5.91 Å². The minimum atomic E-state index is 0.0843. The predicted molar refractivity (Wildman–Crippen MR) is 77.3 cm³/mol. The number of thiophene rings is 1. The lowest BCUT2D eigenvalue weighted by molar-refractivity contribution is -0.121. The minimum absolute atomic E-state index is 0.0843. The normalized spacial score (nSPS) is 10.6. The molecule has 0 aromatic carbocycles. The van der Waals surface area contributed by atoms with Gasteiger partial charge in [-0.1, -0.05) is 0 Å². The lowest BCUT2D eigenvalue weighted by Crippen LogP contribution is -2.22. The average Bonchev–Trinajstić information content (AvgIpc) is 2.97. The van der Waals surface area contributed by atoms with Crippen molar-refractivity contribution in [1.82, 2.24) is 5.32 Å². The van der Waals surface area contributed by atoms with Crippen LogP contribution in [-0.2, 0) is 17.8 Å². The molecule has 0 spiro atoms. The van der Waals surface area contributed by atoms with E-state index in [4.69, 9.17) is 4.42 Å². The van der Waals surface area contributed by atoms with Crippen LogP contribution in [0.15, 0.2) is 28.9 Å². The van der Waals surface area contributed by atoms with Gasteiger partial charge in [0.25, 0.3) is 0 Å². The van der Waals surface area contributed by atoms with E-state index in [0.717, 1.165) is 18.6 Å². The van der Waals surface area contributed by atoms with Crippen LogP contribution in [0, 0.1) is 13.8 Å². The monoisotopic (exact) mass is 277 g/mol. The van der Waals surface area contributed by atoms with Crippen LogP contribution in [0.1, 0.15) is 33.9 Å². The molecule has 0 radical (unpaired) electrons. The van der Waals surface area contributed by atoms with Crippen molar-refractivity contribution in [3.63, 3.8) is 0 Å².